The van der Waals surface area contributed by atoms with Gasteiger partial charge in [-0.05, 0) is 73.4 Å². The molecule has 1 aromatic heterocycles. The van der Waals surface area contributed by atoms with Gasteiger partial charge in [-0.15, -0.1) is 0 Å². The Kier molecular flexibility index (Phi) is 7.48. The fraction of sp³-hybridized carbons (Fsp3) is 0.310. The summed E-state index contributed by atoms with van der Waals surface area (Å²) in [7, 11) is 0. The smallest absolute Gasteiger partial charge is 0.296 e. The Bertz CT molecular complexity index is 1260. The molecule has 1 saturated heterocycles. The molecule has 0 spiro atoms. The number of aliphatic hydroxyl groups is 1. The van der Waals surface area contributed by atoms with Crippen LogP contribution in [0.4, 0.5) is 0 Å². The number of hydrogen-bond donors (Lipinski definition) is 1. The van der Waals surface area contributed by atoms with Gasteiger partial charge in [0.1, 0.15) is 29.1 Å². The fourth-order valence-corrected chi connectivity index (χ4v) is 4.43. The minimum Gasteiger partial charge on any atom is -0.507 e. The van der Waals surface area contributed by atoms with Crippen molar-refractivity contribution >= 4 is 17.4 Å². The largest absolute Gasteiger partial charge is 0.507 e. The number of Topliss-reactive ketones (excluding diaryl/α,β-unsaturated/α-hetero) is 1. The van der Waals surface area contributed by atoms with Gasteiger partial charge in [-0.2, -0.15) is 0 Å². The van der Waals surface area contributed by atoms with Crippen molar-refractivity contribution in [2.24, 2.45) is 0 Å². The van der Waals surface area contributed by atoms with Crippen LogP contribution in [0.5, 0.6) is 11.5 Å². The molecule has 2 aromatic carbocycles. The highest BCUT2D eigenvalue weighted by atomic mass is 16.5. The van der Waals surface area contributed by atoms with Gasteiger partial charge in [0.2, 0.25) is 0 Å². The summed E-state index contributed by atoms with van der Waals surface area (Å²) in [6, 6.07) is 15.2. The van der Waals surface area contributed by atoms with Gasteiger partial charge in [0.15, 0.2) is 0 Å². The maximum atomic E-state index is 13.3. The van der Waals surface area contributed by atoms with Crippen LogP contribution in [0.3, 0.4) is 0 Å². The van der Waals surface area contributed by atoms with E-state index in [9.17, 15) is 14.7 Å². The molecule has 0 aliphatic carbocycles. The summed E-state index contributed by atoms with van der Waals surface area (Å²) < 4.78 is 16.9. The van der Waals surface area contributed by atoms with Gasteiger partial charge in [-0.1, -0.05) is 26.0 Å². The number of furan rings is 1. The van der Waals surface area contributed by atoms with Crippen molar-refractivity contribution in [2.75, 3.05) is 13.2 Å². The van der Waals surface area contributed by atoms with Crippen LogP contribution in [0.25, 0.3) is 5.76 Å². The van der Waals surface area contributed by atoms with Crippen LogP contribution < -0.4 is 9.47 Å². The van der Waals surface area contributed by atoms with Crippen LogP contribution in [0.15, 0.2) is 70.9 Å². The van der Waals surface area contributed by atoms with Crippen LogP contribution in [-0.4, -0.2) is 34.9 Å². The molecule has 7 heteroatoms. The van der Waals surface area contributed by atoms with E-state index >= 15 is 0 Å². The van der Waals surface area contributed by atoms with Gasteiger partial charge in [-0.25, -0.2) is 0 Å². The fourth-order valence-electron chi connectivity index (χ4n) is 4.43. The van der Waals surface area contributed by atoms with E-state index in [1.807, 2.05) is 58.0 Å². The second kappa shape index (κ2) is 10.7. The number of rotatable bonds is 9. The number of carbonyl (C=O) groups excluding carboxylic acids is 2. The summed E-state index contributed by atoms with van der Waals surface area (Å²) in [5, 5.41) is 11.4. The van der Waals surface area contributed by atoms with E-state index in [1.54, 1.807) is 24.3 Å². The quantitative estimate of drug-likeness (QED) is 0.231. The number of amides is 1. The summed E-state index contributed by atoms with van der Waals surface area (Å²) in [5.74, 6) is 0.291. The van der Waals surface area contributed by atoms with Crippen LogP contribution in [0, 0.1) is 0 Å². The molecule has 4 rings (SSSR count). The van der Waals surface area contributed by atoms with Crippen molar-refractivity contribution in [1.82, 2.24) is 4.90 Å². The molecule has 3 aromatic rings. The predicted molar refractivity (Wildman–Crippen MR) is 136 cm³/mol. The van der Waals surface area contributed by atoms with Gasteiger partial charge in [0.25, 0.3) is 11.7 Å². The van der Waals surface area contributed by atoms with Crippen LogP contribution in [0.2, 0.25) is 0 Å². The van der Waals surface area contributed by atoms with Crippen molar-refractivity contribution in [1.29, 1.82) is 0 Å². The lowest BCUT2D eigenvalue weighted by molar-refractivity contribution is -0.140. The topological polar surface area (TPSA) is 89.2 Å². The summed E-state index contributed by atoms with van der Waals surface area (Å²) in [6.45, 7) is 9.11. The Morgan fingerprint density at radius 3 is 2.36 bits per heavy atom. The molecule has 0 saturated carbocycles. The molecule has 188 valence electrons. The maximum Gasteiger partial charge on any atom is 0.296 e. The summed E-state index contributed by atoms with van der Waals surface area (Å²) in [6.07, 6.45) is 1.49. The minimum atomic E-state index is -0.861. The Balaban J connectivity index is 1.77. The van der Waals surface area contributed by atoms with Crippen molar-refractivity contribution in [2.45, 2.75) is 46.2 Å². The van der Waals surface area contributed by atoms with E-state index in [-0.39, 0.29) is 23.8 Å². The number of hydrogen-bond acceptors (Lipinski definition) is 6. The number of carbonyl (C=O) groups is 2. The molecule has 1 fully saturated rings. The molecule has 2 heterocycles. The molecular weight excluding hydrogens is 458 g/mol. The van der Waals surface area contributed by atoms with E-state index < -0.39 is 17.7 Å². The van der Waals surface area contributed by atoms with E-state index in [0.717, 1.165) is 22.6 Å². The molecule has 1 unspecified atom stereocenters. The first kappa shape index (κ1) is 25.1. The minimum absolute atomic E-state index is 0.000229. The molecule has 0 bridgehead atoms. The zero-order valence-electron chi connectivity index (χ0n) is 21.0. The maximum absolute atomic E-state index is 13.3. The molecule has 0 radical (unpaired) electrons. The summed E-state index contributed by atoms with van der Waals surface area (Å²) in [5.41, 5.74) is 2.16. The molecule has 7 nitrogen and oxygen atoms in total. The van der Waals surface area contributed by atoms with E-state index in [1.165, 1.54) is 11.2 Å². The molecule has 36 heavy (non-hydrogen) atoms. The van der Waals surface area contributed by atoms with Crippen LogP contribution in [0.1, 0.15) is 62.1 Å². The number of nitrogens with zero attached hydrogens (tertiary/aromatic N) is 1. The lowest BCUT2D eigenvalue weighted by atomic mass is 9.95. The van der Waals surface area contributed by atoms with E-state index in [4.69, 9.17) is 13.9 Å². The number of likely N-dealkylation sites (tertiary alicyclic amines) is 1. The number of benzene rings is 2. The normalized spacial score (nSPS) is 17.1. The predicted octanol–water partition coefficient (Wildman–Crippen LogP) is 5.82. The SMILES string of the molecule is CCOc1ccc(CN2C(=O)C(=O)/C(=C(\O)c3ccc(OCC)c(C(C)C)c3)C2c2ccco2)cc1. The first-order chi connectivity index (χ1) is 17.3. The lowest BCUT2D eigenvalue weighted by Crippen LogP contribution is -2.29. The Hall–Kier alpha value is -4.00. The second-order valence-electron chi connectivity index (χ2n) is 8.86. The van der Waals surface area contributed by atoms with E-state index in [0.29, 0.717) is 24.5 Å². The Morgan fingerprint density at radius 2 is 1.75 bits per heavy atom. The number of ketones is 1. The molecule has 1 aliphatic heterocycles. The van der Waals surface area contributed by atoms with Gasteiger partial charge in [0.05, 0.1) is 25.1 Å². The highest BCUT2D eigenvalue weighted by Crippen LogP contribution is 2.41. The summed E-state index contributed by atoms with van der Waals surface area (Å²) in [4.78, 5) is 27.9. The van der Waals surface area contributed by atoms with Crippen molar-refractivity contribution in [3.63, 3.8) is 0 Å². The third-order valence-electron chi connectivity index (χ3n) is 6.14. The molecule has 1 atom stereocenters. The standard InChI is InChI=1S/C29H31NO6/c1-5-34-21-12-9-19(10-13-21)17-30-26(24-8-7-15-36-24)25(28(32)29(30)33)27(31)20-11-14-23(35-6-2)22(16-20)18(3)4/h7-16,18,26,31H,5-6,17H2,1-4H3/b27-25-. The molecule has 1 amide bonds. The number of ether oxygens (including phenoxy) is 2. The second-order valence-corrected chi connectivity index (χ2v) is 8.86. The third kappa shape index (κ3) is 4.87. The number of aliphatic hydroxyl groups excluding tert-OH is 1. The average Bonchev–Trinajstić information content (AvgIpc) is 3.48. The zero-order valence-corrected chi connectivity index (χ0v) is 21.0. The van der Waals surface area contributed by atoms with Gasteiger partial charge in [-0.3, -0.25) is 9.59 Å². The Labute approximate surface area is 210 Å². The van der Waals surface area contributed by atoms with Crippen LogP contribution in [-0.2, 0) is 16.1 Å². The van der Waals surface area contributed by atoms with Crippen molar-refractivity contribution < 1.29 is 28.6 Å². The average molecular weight is 490 g/mol. The zero-order chi connectivity index (χ0) is 25.8. The molecule has 1 aliphatic rings. The summed E-state index contributed by atoms with van der Waals surface area (Å²) >= 11 is 0. The molecule has 1 N–H and O–H groups in total. The van der Waals surface area contributed by atoms with Crippen LogP contribution >= 0.6 is 0 Å². The lowest BCUT2D eigenvalue weighted by Gasteiger charge is -2.23. The van der Waals surface area contributed by atoms with Gasteiger partial charge < -0.3 is 23.9 Å². The highest BCUT2D eigenvalue weighted by molar-refractivity contribution is 6.46. The van der Waals surface area contributed by atoms with Crippen molar-refractivity contribution in [3.05, 3.63) is 88.9 Å². The highest BCUT2D eigenvalue weighted by Gasteiger charge is 2.47. The van der Waals surface area contributed by atoms with Crippen molar-refractivity contribution in [3.8, 4) is 11.5 Å². The first-order valence-electron chi connectivity index (χ1n) is 12.2. The first-order valence-corrected chi connectivity index (χ1v) is 12.2. The third-order valence-corrected chi connectivity index (χ3v) is 6.14. The van der Waals surface area contributed by atoms with Gasteiger partial charge in [0, 0.05) is 12.1 Å². The Morgan fingerprint density at radius 1 is 1.03 bits per heavy atom. The van der Waals surface area contributed by atoms with Gasteiger partial charge >= 0.3 is 0 Å². The van der Waals surface area contributed by atoms with E-state index in [2.05, 4.69) is 0 Å². The molecular formula is C29H31NO6. The monoisotopic (exact) mass is 489 g/mol.